The van der Waals surface area contributed by atoms with E-state index in [1.807, 2.05) is 0 Å². The molecule has 1 aliphatic rings. The van der Waals surface area contributed by atoms with Crippen LogP contribution in [-0.4, -0.2) is 17.5 Å². The predicted octanol–water partition coefficient (Wildman–Crippen LogP) is 1.87. The Hall–Kier alpha value is 0.310. The van der Waals surface area contributed by atoms with Gasteiger partial charge >= 0.3 is 0 Å². The number of nitrogens with two attached hydrogens (primary N) is 1. The minimum Gasteiger partial charge on any atom is -0.330 e. The van der Waals surface area contributed by atoms with Crippen molar-refractivity contribution < 1.29 is 0 Å². The highest BCUT2D eigenvalue weighted by Gasteiger charge is 2.17. The molecule has 2 atom stereocenters. The molecule has 60 valence electrons. The van der Waals surface area contributed by atoms with Crippen LogP contribution in [0.3, 0.4) is 0 Å². The summed E-state index contributed by atoms with van der Waals surface area (Å²) in [6, 6.07) is 0. The molecule has 1 saturated heterocycles. The van der Waals surface area contributed by atoms with E-state index in [0.717, 1.165) is 17.7 Å². The highest BCUT2D eigenvalue weighted by molar-refractivity contribution is 7.99. The van der Waals surface area contributed by atoms with E-state index < -0.39 is 0 Å². The first-order chi connectivity index (χ1) is 4.83. The summed E-state index contributed by atoms with van der Waals surface area (Å²) in [6.07, 6.45) is 4.03. The largest absolute Gasteiger partial charge is 0.330 e. The van der Waals surface area contributed by atoms with E-state index >= 15 is 0 Å². The van der Waals surface area contributed by atoms with Gasteiger partial charge in [-0.15, -0.1) is 0 Å². The van der Waals surface area contributed by atoms with Crippen LogP contribution in [0.25, 0.3) is 0 Å². The molecule has 1 rings (SSSR count). The minimum absolute atomic E-state index is 0.877. The fraction of sp³-hybridized carbons (Fsp3) is 1.00. The van der Waals surface area contributed by atoms with Crippen LogP contribution in [0.4, 0.5) is 0 Å². The average Bonchev–Trinajstić information content (AvgIpc) is 1.88. The highest BCUT2D eigenvalue weighted by atomic mass is 32.2. The lowest BCUT2D eigenvalue weighted by molar-refractivity contribution is 0.434. The zero-order valence-corrected chi connectivity index (χ0v) is 7.49. The van der Waals surface area contributed by atoms with Gasteiger partial charge in [0.15, 0.2) is 0 Å². The molecule has 2 unspecified atom stereocenters. The second-order valence-electron chi connectivity index (χ2n) is 3.15. The van der Waals surface area contributed by atoms with Gasteiger partial charge in [-0.05, 0) is 37.5 Å². The van der Waals surface area contributed by atoms with Crippen LogP contribution >= 0.6 is 11.8 Å². The minimum atomic E-state index is 0.877. The average molecular weight is 159 g/mol. The first kappa shape index (κ1) is 8.41. The monoisotopic (exact) mass is 159 g/mol. The summed E-state index contributed by atoms with van der Waals surface area (Å²) in [5.41, 5.74) is 5.50. The summed E-state index contributed by atoms with van der Waals surface area (Å²) in [4.78, 5) is 0. The quantitative estimate of drug-likeness (QED) is 0.665. The summed E-state index contributed by atoms with van der Waals surface area (Å²) in [5, 5.41) is 0.880. The van der Waals surface area contributed by atoms with Gasteiger partial charge in [0.2, 0.25) is 0 Å². The number of hydrogen-bond acceptors (Lipinski definition) is 2. The normalized spacial score (nSPS) is 34.2. The molecule has 0 spiro atoms. The summed E-state index contributed by atoms with van der Waals surface area (Å²) in [7, 11) is 0. The van der Waals surface area contributed by atoms with Crippen molar-refractivity contribution in [2.45, 2.75) is 31.4 Å². The van der Waals surface area contributed by atoms with E-state index in [2.05, 4.69) is 18.7 Å². The Morgan fingerprint density at radius 2 is 2.40 bits per heavy atom. The van der Waals surface area contributed by atoms with Crippen molar-refractivity contribution in [3.05, 3.63) is 0 Å². The van der Waals surface area contributed by atoms with Crippen LogP contribution in [-0.2, 0) is 0 Å². The Kier molecular flexibility index (Phi) is 3.57. The lowest BCUT2D eigenvalue weighted by atomic mass is 9.96. The second kappa shape index (κ2) is 4.24. The first-order valence-electron chi connectivity index (χ1n) is 4.14. The molecule has 0 amide bonds. The summed E-state index contributed by atoms with van der Waals surface area (Å²) in [6.45, 7) is 3.20. The molecular formula is C8H17NS. The molecule has 2 heteroatoms. The molecule has 1 fully saturated rings. The Labute approximate surface area is 67.8 Å². The maximum absolute atomic E-state index is 5.50. The van der Waals surface area contributed by atoms with Crippen molar-refractivity contribution >= 4 is 11.8 Å². The van der Waals surface area contributed by atoms with Gasteiger partial charge in [-0.3, -0.25) is 0 Å². The predicted molar refractivity (Wildman–Crippen MR) is 48.3 cm³/mol. The molecule has 0 aromatic rings. The fourth-order valence-electron chi connectivity index (χ4n) is 1.59. The topological polar surface area (TPSA) is 26.0 Å². The van der Waals surface area contributed by atoms with Gasteiger partial charge in [-0.2, -0.15) is 11.8 Å². The van der Waals surface area contributed by atoms with Crippen LogP contribution in [0, 0.1) is 5.92 Å². The van der Waals surface area contributed by atoms with Crippen LogP contribution in [0.2, 0.25) is 0 Å². The lowest BCUT2D eigenvalue weighted by Crippen LogP contribution is -2.18. The van der Waals surface area contributed by atoms with Gasteiger partial charge in [0.05, 0.1) is 0 Å². The summed E-state index contributed by atoms with van der Waals surface area (Å²) >= 11 is 2.11. The van der Waals surface area contributed by atoms with Gasteiger partial charge in [0, 0.05) is 5.25 Å². The zero-order valence-electron chi connectivity index (χ0n) is 6.68. The standard InChI is InChI=1S/C8H17NS/c1-7-6-8(2-4-9)3-5-10-7/h7-8H,2-6,9H2,1H3. The number of hydrogen-bond donors (Lipinski definition) is 1. The Morgan fingerprint density at radius 3 is 3.00 bits per heavy atom. The van der Waals surface area contributed by atoms with Crippen molar-refractivity contribution in [3.63, 3.8) is 0 Å². The molecule has 2 N–H and O–H groups in total. The number of rotatable bonds is 2. The third kappa shape index (κ3) is 2.51. The Bertz CT molecular complexity index is 93.3. The van der Waals surface area contributed by atoms with Gasteiger partial charge < -0.3 is 5.73 Å². The van der Waals surface area contributed by atoms with Crippen molar-refractivity contribution in [2.75, 3.05) is 12.3 Å². The van der Waals surface area contributed by atoms with Crippen LogP contribution in [0.5, 0.6) is 0 Å². The van der Waals surface area contributed by atoms with E-state index in [1.165, 1.54) is 25.0 Å². The molecule has 0 aromatic carbocycles. The van der Waals surface area contributed by atoms with E-state index in [-0.39, 0.29) is 0 Å². The maximum atomic E-state index is 5.50. The van der Waals surface area contributed by atoms with E-state index in [9.17, 15) is 0 Å². The van der Waals surface area contributed by atoms with Gasteiger partial charge in [-0.1, -0.05) is 6.92 Å². The molecule has 0 bridgehead atoms. The van der Waals surface area contributed by atoms with Crippen LogP contribution in [0.15, 0.2) is 0 Å². The van der Waals surface area contributed by atoms with E-state index in [1.54, 1.807) is 0 Å². The van der Waals surface area contributed by atoms with Crippen molar-refractivity contribution in [1.29, 1.82) is 0 Å². The zero-order chi connectivity index (χ0) is 7.40. The van der Waals surface area contributed by atoms with Crippen LogP contribution in [0.1, 0.15) is 26.2 Å². The molecule has 0 saturated carbocycles. The molecule has 1 heterocycles. The summed E-state index contributed by atoms with van der Waals surface area (Å²) in [5.74, 6) is 2.28. The Morgan fingerprint density at radius 1 is 1.60 bits per heavy atom. The molecule has 0 radical (unpaired) electrons. The molecular weight excluding hydrogens is 142 g/mol. The first-order valence-corrected chi connectivity index (χ1v) is 5.19. The van der Waals surface area contributed by atoms with Gasteiger partial charge in [0.1, 0.15) is 0 Å². The van der Waals surface area contributed by atoms with Gasteiger partial charge in [-0.25, -0.2) is 0 Å². The molecule has 0 aromatic heterocycles. The smallest absolute Gasteiger partial charge is 0.00213 e. The SMILES string of the molecule is CC1CC(CCN)CCS1. The molecule has 10 heavy (non-hydrogen) atoms. The third-order valence-corrected chi connectivity index (χ3v) is 3.40. The lowest BCUT2D eigenvalue weighted by Gasteiger charge is -2.25. The van der Waals surface area contributed by atoms with E-state index in [0.29, 0.717) is 0 Å². The maximum Gasteiger partial charge on any atom is 0.00213 e. The molecule has 1 nitrogen and oxygen atoms in total. The van der Waals surface area contributed by atoms with Crippen LogP contribution < -0.4 is 5.73 Å². The van der Waals surface area contributed by atoms with Crippen molar-refractivity contribution in [2.24, 2.45) is 11.7 Å². The second-order valence-corrected chi connectivity index (χ2v) is 4.70. The molecule has 0 aliphatic carbocycles. The third-order valence-electron chi connectivity index (χ3n) is 2.17. The van der Waals surface area contributed by atoms with Crippen molar-refractivity contribution in [3.8, 4) is 0 Å². The highest BCUT2D eigenvalue weighted by Crippen LogP contribution is 2.30. The van der Waals surface area contributed by atoms with E-state index in [4.69, 9.17) is 5.73 Å². The Balaban J connectivity index is 2.18. The van der Waals surface area contributed by atoms with Gasteiger partial charge in [0.25, 0.3) is 0 Å². The summed E-state index contributed by atoms with van der Waals surface area (Å²) < 4.78 is 0. The van der Waals surface area contributed by atoms with Crippen molar-refractivity contribution in [1.82, 2.24) is 0 Å². The molecule has 1 aliphatic heterocycles. The fourth-order valence-corrected chi connectivity index (χ4v) is 2.87. The number of thioether (sulfide) groups is 1.